The third-order valence-electron chi connectivity index (χ3n) is 5.06. The first-order chi connectivity index (χ1) is 14.5. The van der Waals surface area contributed by atoms with E-state index in [1.165, 1.54) is 13.2 Å². The van der Waals surface area contributed by atoms with Gasteiger partial charge in [0, 0.05) is 36.2 Å². The molecule has 0 saturated carbocycles. The van der Waals surface area contributed by atoms with Gasteiger partial charge in [-0.25, -0.2) is 4.79 Å². The van der Waals surface area contributed by atoms with Crippen LogP contribution in [0.4, 0.5) is 11.4 Å². The molecular weight excluding hydrogens is 388 g/mol. The van der Waals surface area contributed by atoms with Crippen LogP contribution in [0.2, 0.25) is 0 Å². The average Bonchev–Trinajstić information content (AvgIpc) is 3.14. The van der Waals surface area contributed by atoms with Gasteiger partial charge in [0.15, 0.2) is 0 Å². The maximum absolute atomic E-state index is 12.8. The number of carbonyl (C=O) groups excluding carboxylic acids is 2. The molecule has 0 aliphatic carbocycles. The minimum absolute atomic E-state index is 0.101. The second kappa shape index (κ2) is 7.90. The molecule has 2 amide bonds. The van der Waals surface area contributed by atoms with Crippen molar-refractivity contribution in [3.63, 3.8) is 0 Å². The molecule has 2 aromatic carbocycles. The Morgan fingerprint density at radius 3 is 2.67 bits per heavy atom. The maximum Gasteiger partial charge on any atom is 0.336 e. The Hall–Kier alpha value is -3.81. The van der Waals surface area contributed by atoms with Gasteiger partial charge in [-0.05, 0) is 36.4 Å². The quantitative estimate of drug-likeness (QED) is 0.652. The van der Waals surface area contributed by atoms with Crippen molar-refractivity contribution in [2.45, 2.75) is 6.42 Å². The lowest BCUT2D eigenvalue weighted by molar-refractivity contribution is -0.122. The zero-order valence-corrected chi connectivity index (χ0v) is 16.5. The Morgan fingerprint density at radius 2 is 1.90 bits per heavy atom. The van der Waals surface area contributed by atoms with Crippen molar-refractivity contribution in [3.8, 4) is 11.5 Å². The number of ether oxygens (including phenoxy) is 2. The van der Waals surface area contributed by atoms with E-state index in [4.69, 9.17) is 13.9 Å². The standard InChI is InChI=1S/C22H20N2O6/c1-28-16-5-6-17(19(11-16)29-2)24-12-14(10-20(24)25)22(27)23-15-4-7-18-13(9-15)3-8-21(26)30-18/h3-9,11,14H,10,12H2,1-2H3,(H,23,27)/t14-/m0/s1. The minimum atomic E-state index is -0.506. The summed E-state index contributed by atoms with van der Waals surface area (Å²) in [6.07, 6.45) is 0.101. The molecule has 1 aliphatic rings. The molecule has 0 unspecified atom stereocenters. The van der Waals surface area contributed by atoms with E-state index in [-0.39, 0.29) is 24.8 Å². The van der Waals surface area contributed by atoms with Gasteiger partial charge in [-0.15, -0.1) is 0 Å². The lowest BCUT2D eigenvalue weighted by Gasteiger charge is -2.20. The van der Waals surface area contributed by atoms with Crippen LogP contribution < -0.4 is 25.3 Å². The van der Waals surface area contributed by atoms with Gasteiger partial charge in [0.1, 0.15) is 17.1 Å². The molecule has 0 radical (unpaired) electrons. The Morgan fingerprint density at radius 1 is 1.07 bits per heavy atom. The summed E-state index contributed by atoms with van der Waals surface area (Å²) in [5, 5.41) is 3.54. The van der Waals surface area contributed by atoms with Crippen LogP contribution in [0.5, 0.6) is 11.5 Å². The molecule has 1 N–H and O–H groups in total. The number of nitrogens with zero attached hydrogens (tertiary/aromatic N) is 1. The Balaban J connectivity index is 1.51. The summed E-state index contributed by atoms with van der Waals surface area (Å²) in [6.45, 7) is 0.246. The van der Waals surface area contributed by atoms with E-state index in [1.54, 1.807) is 54.5 Å². The van der Waals surface area contributed by atoms with Gasteiger partial charge in [0.2, 0.25) is 11.8 Å². The average molecular weight is 408 g/mol. The molecule has 3 aromatic rings. The summed E-state index contributed by atoms with van der Waals surface area (Å²) in [6, 6.07) is 13.1. The van der Waals surface area contributed by atoms with Crippen molar-refractivity contribution < 1.29 is 23.5 Å². The van der Waals surface area contributed by atoms with Gasteiger partial charge in [-0.2, -0.15) is 0 Å². The predicted molar refractivity (Wildman–Crippen MR) is 111 cm³/mol. The van der Waals surface area contributed by atoms with Crippen molar-refractivity contribution in [1.82, 2.24) is 0 Å². The number of carbonyl (C=O) groups is 2. The molecule has 8 heteroatoms. The number of benzene rings is 2. The second-order valence-corrected chi connectivity index (χ2v) is 6.94. The van der Waals surface area contributed by atoms with Gasteiger partial charge in [-0.3, -0.25) is 9.59 Å². The van der Waals surface area contributed by atoms with Crippen LogP contribution in [0.25, 0.3) is 11.0 Å². The molecule has 8 nitrogen and oxygen atoms in total. The molecule has 1 atom stereocenters. The van der Waals surface area contributed by atoms with Crippen molar-refractivity contribution in [1.29, 1.82) is 0 Å². The minimum Gasteiger partial charge on any atom is -0.497 e. The molecule has 2 heterocycles. The molecule has 0 spiro atoms. The molecular formula is C22H20N2O6. The predicted octanol–water partition coefficient (Wildman–Crippen LogP) is 2.80. The Labute approximate surface area is 172 Å². The van der Waals surface area contributed by atoms with Crippen molar-refractivity contribution in [2.24, 2.45) is 5.92 Å². The number of fused-ring (bicyclic) bond motifs is 1. The van der Waals surface area contributed by atoms with Crippen LogP contribution >= 0.6 is 0 Å². The first kappa shape index (κ1) is 19.5. The number of rotatable bonds is 5. The highest BCUT2D eigenvalue weighted by Gasteiger charge is 2.36. The molecule has 1 fully saturated rings. The van der Waals surface area contributed by atoms with Crippen molar-refractivity contribution in [2.75, 3.05) is 31.0 Å². The zero-order chi connectivity index (χ0) is 21.3. The molecule has 1 aromatic heterocycles. The van der Waals surface area contributed by atoms with Crippen molar-refractivity contribution in [3.05, 3.63) is 59.0 Å². The summed E-state index contributed by atoms with van der Waals surface area (Å²) in [7, 11) is 3.07. The van der Waals surface area contributed by atoms with E-state index >= 15 is 0 Å². The number of anilines is 2. The largest absolute Gasteiger partial charge is 0.497 e. The fraction of sp³-hybridized carbons (Fsp3) is 0.227. The number of hydrogen-bond acceptors (Lipinski definition) is 6. The number of amides is 2. The van der Waals surface area contributed by atoms with Gasteiger partial charge in [0.25, 0.3) is 0 Å². The molecule has 1 aliphatic heterocycles. The van der Waals surface area contributed by atoms with Crippen LogP contribution in [0, 0.1) is 5.92 Å². The van der Waals surface area contributed by atoms with E-state index in [2.05, 4.69) is 5.32 Å². The monoisotopic (exact) mass is 408 g/mol. The van der Waals surface area contributed by atoms with E-state index in [0.717, 1.165) is 0 Å². The lowest BCUT2D eigenvalue weighted by Crippen LogP contribution is -2.28. The molecule has 0 bridgehead atoms. The first-order valence-electron chi connectivity index (χ1n) is 9.35. The summed E-state index contributed by atoms with van der Waals surface area (Å²) < 4.78 is 15.7. The van der Waals surface area contributed by atoms with E-state index in [1.807, 2.05) is 0 Å². The topological polar surface area (TPSA) is 98.1 Å². The third kappa shape index (κ3) is 3.71. The molecule has 154 valence electrons. The third-order valence-corrected chi connectivity index (χ3v) is 5.06. The van der Waals surface area contributed by atoms with Crippen LogP contribution in [0.1, 0.15) is 6.42 Å². The first-order valence-corrected chi connectivity index (χ1v) is 9.35. The van der Waals surface area contributed by atoms with Gasteiger partial charge < -0.3 is 24.1 Å². The van der Waals surface area contributed by atoms with Crippen LogP contribution in [-0.2, 0) is 9.59 Å². The summed E-state index contributed by atoms with van der Waals surface area (Å²) in [5.41, 5.74) is 1.17. The number of methoxy groups -OCH3 is 2. The second-order valence-electron chi connectivity index (χ2n) is 6.94. The summed E-state index contributed by atoms with van der Waals surface area (Å²) in [5.74, 6) is 0.200. The zero-order valence-electron chi connectivity index (χ0n) is 16.5. The summed E-state index contributed by atoms with van der Waals surface area (Å²) >= 11 is 0. The lowest BCUT2D eigenvalue weighted by atomic mass is 10.1. The highest BCUT2D eigenvalue weighted by Crippen LogP contribution is 2.36. The Bertz CT molecular complexity index is 1190. The molecule has 30 heavy (non-hydrogen) atoms. The van der Waals surface area contributed by atoms with E-state index in [9.17, 15) is 14.4 Å². The fourth-order valence-corrected chi connectivity index (χ4v) is 3.52. The summed E-state index contributed by atoms with van der Waals surface area (Å²) in [4.78, 5) is 38.2. The van der Waals surface area contributed by atoms with Crippen LogP contribution in [-0.4, -0.2) is 32.6 Å². The maximum atomic E-state index is 12.8. The SMILES string of the molecule is COc1ccc(N2C[C@@H](C(=O)Nc3ccc4oc(=O)ccc4c3)CC2=O)c(OC)c1. The molecule has 1 saturated heterocycles. The number of hydrogen-bond donors (Lipinski definition) is 1. The van der Waals surface area contributed by atoms with Gasteiger partial charge in [0.05, 0.1) is 25.8 Å². The van der Waals surface area contributed by atoms with Crippen LogP contribution in [0.3, 0.4) is 0 Å². The highest BCUT2D eigenvalue weighted by molar-refractivity contribution is 6.04. The van der Waals surface area contributed by atoms with Crippen LogP contribution in [0.15, 0.2) is 57.7 Å². The fourth-order valence-electron chi connectivity index (χ4n) is 3.52. The molecule has 4 rings (SSSR count). The smallest absolute Gasteiger partial charge is 0.336 e. The Kier molecular flexibility index (Phi) is 5.14. The van der Waals surface area contributed by atoms with Gasteiger partial charge in [-0.1, -0.05) is 0 Å². The van der Waals surface area contributed by atoms with Gasteiger partial charge >= 0.3 is 5.63 Å². The number of nitrogens with one attached hydrogen (secondary N) is 1. The highest BCUT2D eigenvalue weighted by atomic mass is 16.5. The van der Waals surface area contributed by atoms with E-state index in [0.29, 0.717) is 33.8 Å². The normalized spacial score (nSPS) is 16.0. The van der Waals surface area contributed by atoms with E-state index < -0.39 is 11.5 Å². The van der Waals surface area contributed by atoms with Crippen molar-refractivity contribution >= 4 is 34.2 Å².